The Labute approximate surface area is 177 Å². The molecular weight excluding hydrogens is 374 g/mol. The number of pyridine rings is 1. The molecule has 1 aromatic heterocycles. The molecule has 5 nitrogen and oxygen atoms in total. The van der Waals surface area contributed by atoms with E-state index >= 15 is 0 Å². The lowest BCUT2D eigenvalue weighted by molar-refractivity contribution is 0.291. The fourth-order valence-corrected chi connectivity index (χ4v) is 3.30. The van der Waals surface area contributed by atoms with Gasteiger partial charge in [0.15, 0.2) is 11.5 Å². The number of benzene rings is 2. The van der Waals surface area contributed by atoms with Crippen molar-refractivity contribution in [1.29, 1.82) is 0 Å². The minimum absolute atomic E-state index is 0.517. The molecule has 4 rings (SSSR count). The van der Waals surface area contributed by atoms with Crippen LogP contribution in [0.2, 0.25) is 0 Å². The summed E-state index contributed by atoms with van der Waals surface area (Å²) < 4.78 is 12.1. The van der Waals surface area contributed by atoms with Gasteiger partial charge in [0.25, 0.3) is 0 Å². The second kappa shape index (κ2) is 9.92. The number of hydrogen-bond donors (Lipinski definition) is 1. The Morgan fingerprint density at radius 3 is 2.60 bits per heavy atom. The lowest BCUT2D eigenvalue weighted by atomic mass is 10.1. The van der Waals surface area contributed by atoms with Gasteiger partial charge in [-0.2, -0.15) is 0 Å². The molecule has 0 bridgehead atoms. The van der Waals surface area contributed by atoms with Crippen LogP contribution in [0.15, 0.2) is 71.9 Å². The Morgan fingerprint density at radius 1 is 0.900 bits per heavy atom. The van der Waals surface area contributed by atoms with Crippen LogP contribution in [0.5, 0.6) is 17.4 Å². The SMILES string of the molecule is Cc1ccc(CNC2=NCCCCCOc3ccccc3Oc3ncccc32)cc1. The number of nitrogens with zero attached hydrogens (tertiary/aromatic N) is 2. The third-order valence-electron chi connectivity index (χ3n) is 4.99. The van der Waals surface area contributed by atoms with Gasteiger partial charge in [-0.25, -0.2) is 4.98 Å². The quantitative estimate of drug-likeness (QED) is 0.635. The number of aliphatic imine (C=N–C) groups is 1. The van der Waals surface area contributed by atoms with Gasteiger partial charge in [-0.1, -0.05) is 42.0 Å². The normalized spacial score (nSPS) is 14.4. The third-order valence-corrected chi connectivity index (χ3v) is 4.99. The van der Waals surface area contributed by atoms with Crippen LogP contribution in [0.1, 0.15) is 36.0 Å². The van der Waals surface area contributed by atoms with E-state index in [-0.39, 0.29) is 0 Å². The van der Waals surface area contributed by atoms with Crippen molar-refractivity contribution in [1.82, 2.24) is 10.3 Å². The highest BCUT2D eigenvalue weighted by molar-refractivity contribution is 6.00. The summed E-state index contributed by atoms with van der Waals surface area (Å²) in [5.41, 5.74) is 3.30. The summed E-state index contributed by atoms with van der Waals surface area (Å²) in [7, 11) is 0. The number of ether oxygens (including phenoxy) is 2. The number of hydrogen-bond acceptors (Lipinski definition) is 5. The van der Waals surface area contributed by atoms with Crippen molar-refractivity contribution in [2.45, 2.75) is 32.7 Å². The molecule has 0 radical (unpaired) electrons. The maximum atomic E-state index is 6.20. The number of fused-ring (bicyclic) bond motifs is 2. The van der Waals surface area contributed by atoms with Gasteiger partial charge >= 0.3 is 0 Å². The van der Waals surface area contributed by atoms with E-state index in [1.54, 1.807) is 6.20 Å². The van der Waals surface area contributed by atoms with Gasteiger partial charge in [-0.15, -0.1) is 0 Å². The Bertz CT molecular complexity index is 999. The lowest BCUT2D eigenvalue weighted by Gasteiger charge is -2.15. The Kier molecular flexibility index (Phi) is 6.60. The van der Waals surface area contributed by atoms with Crippen LogP contribution in [-0.4, -0.2) is 24.0 Å². The molecule has 0 spiro atoms. The number of nitrogens with one attached hydrogen (secondary N) is 1. The van der Waals surface area contributed by atoms with Crippen LogP contribution >= 0.6 is 0 Å². The summed E-state index contributed by atoms with van der Waals surface area (Å²) in [6.07, 6.45) is 4.80. The zero-order valence-corrected chi connectivity index (χ0v) is 17.3. The second-order valence-corrected chi connectivity index (χ2v) is 7.38. The Balaban J connectivity index is 1.64. The van der Waals surface area contributed by atoms with Gasteiger partial charge in [0.1, 0.15) is 5.84 Å². The van der Waals surface area contributed by atoms with Crippen LogP contribution in [0, 0.1) is 6.92 Å². The fraction of sp³-hybridized carbons (Fsp3) is 0.280. The molecule has 1 N–H and O–H groups in total. The Hall–Kier alpha value is -3.34. The number of para-hydroxylation sites is 2. The molecule has 5 heteroatoms. The topological polar surface area (TPSA) is 55.7 Å². The minimum atomic E-state index is 0.517. The number of aryl methyl sites for hydroxylation is 1. The number of aromatic nitrogens is 1. The van der Waals surface area contributed by atoms with Crippen molar-refractivity contribution in [2.75, 3.05) is 13.2 Å². The smallest absolute Gasteiger partial charge is 0.230 e. The van der Waals surface area contributed by atoms with E-state index in [9.17, 15) is 0 Å². The van der Waals surface area contributed by atoms with Gasteiger partial charge in [-0.05, 0) is 56.0 Å². The van der Waals surface area contributed by atoms with Gasteiger partial charge in [-0.3, -0.25) is 4.99 Å². The van der Waals surface area contributed by atoms with Crippen LogP contribution in [0.25, 0.3) is 0 Å². The van der Waals surface area contributed by atoms with E-state index < -0.39 is 0 Å². The zero-order valence-electron chi connectivity index (χ0n) is 17.3. The predicted molar refractivity (Wildman–Crippen MR) is 120 cm³/mol. The van der Waals surface area contributed by atoms with Crippen LogP contribution < -0.4 is 14.8 Å². The van der Waals surface area contributed by atoms with Crippen molar-refractivity contribution in [2.24, 2.45) is 4.99 Å². The summed E-state index contributed by atoms with van der Waals surface area (Å²) in [5.74, 6) is 2.72. The van der Waals surface area contributed by atoms with E-state index in [1.165, 1.54) is 11.1 Å². The molecule has 1 aliphatic heterocycles. The average Bonchev–Trinajstić information content (AvgIpc) is 2.79. The highest BCUT2D eigenvalue weighted by atomic mass is 16.5. The highest BCUT2D eigenvalue weighted by Gasteiger charge is 2.15. The molecule has 30 heavy (non-hydrogen) atoms. The van der Waals surface area contributed by atoms with Crippen LogP contribution in [-0.2, 0) is 6.54 Å². The van der Waals surface area contributed by atoms with E-state index in [0.717, 1.165) is 43.0 Å². The lowest BCUT2D eigenvalue weighted by Crippen LogP contribution is -2.25. The molecule has 1 aliphatic rings. The Morgan fingerprint density at radius 2 is 1.73 bits per heavy atom. The molecule has 0 fully saturated rings. The molecule has 0 saturated heterocycles. The average molecular weight is 402 g/mol. The summed E-state index contributed by atoms with van der Waals surface area (Å²) >= 11 is 0. The maximum Gasteiger partial charge on any atom is 0.230 e. The minimum Gasteiger partial charge on any atom is -0.490 e. The van der Waals surface area contributed by atoms with Gasteiger partial charge < -0.3 is 14.8 Å². The number of amidine groups is 1. The maximum absolute atomic E-state index is 6.20. The molecule has 154 valence electrons. The fourth-order valence-electron chi connectivity index (χ4n) is 3.30. The predicted octanol–water partition coefficient (Wildman–Crippen LogP) is 5.28. The molecule has 2 heterocycles. The first kappa shape index (κ1) is 20.0. The third kappa shape index (κ3) is 5.17. The van der Waals surface area contributed by atoms with Crippen molar-refractivity contribution >= 4 is 5.84 Å². The zero-order chi connectivity index (χ0) is 20.6. The first-order chi connectivity index (χ1) is 14.8. The van der Waals surface area contributed by atoms with E-state index in [1.807, 2.05) is 36.4 Å². The van der Waals surface area contributed by atoms with E-state index in [0.29, 0.717) is 24.8 Å². The highest BCUT2D eigenvalue weighted by Crippen LogP contribution is 2.32. The second-order valence-electron chi connectivity index (χ2n) is 7.38. The molecule has 2 aromatic carbocycles. The summed E-state index contributed by atoms with van der Waals surface area (Å²) in [5, 5.41) is 3.50. The van der Waals surface area contributed by atoms with Crippen LogP contribution in [0.4, 0.5) is 0 Å². The van der Waals surface area contributed by atoms with E-state index in [2.05, 4.69) is 41.5 Å². The van der Waals surface area contributed by atoms with Crippen molar-refractivity contribution in [3.63, 3.8) is 0 Å². The summed E-state index contributed by atoms with van der Waals surface area (Å²) in [6, 6.07) is 20.2. The molecule has 0 aliphatic carbocycles. The standard InChI is InChI=1S/C25H27N3O2/c1-19-11-13-20(14-12-19)18-28-24-21-8-7-16-27-25(21)30-23-10-4-3-9-22(23)29-17-6-2-5-15-26-24/h3-4,7-14,16H,2,5-6,15,17-18H2,1H3,(H,26,28). The van der Waals surface area contributed by atoms with Gasteiger partial charge in [0, 0.05) is 19.3 Å². The first-order valence-electron chi connectivity index (χ1n) is 10.5. The van der Waals surface area contributed by atoms with Gasteiger partial charge in [0.2, 0.25) is 5.88 Å². The number of rotatable bonds is 2. The molecule has 0 atom stereocenters. The summed E-state index contributed by atoms with van der Waals surface area (Å²) in [4.78, 5) is 9.35. The molecule has 0 saturated carbocycles. The molecule has 0 unspecified atom stereocenters. The molecule has 3 aromatic rings. The molecular formula is C25H27N3O2. The molecule has 0 amide bonds. The van der Waals surface area contributed by atoms with Crippen molar-refractivity contribution in [3.05, 3.63) is 83.6 Å². The van der Waals surface area contributed by atoms with Gasteiger partial charge in [0.05, 0.1) is 12.2 Å². The first-order valence-corrected chi connectivity index (χ1v) is 10.5. The van der Waals surface area contributed by atoms with Crippen LogP contribution in [0.3, 0.4) is 0 Å². The summed E-state index contributed by atoms with van der Waals surface area (Å²) in [6.45, 7) is 4.19. The monoisotopic (exact) mass is 401 g/mol. The van der Waals surface area contributed by atoms with Crippen molar-refractivity contribution in [3.8, 4) is 17.4 Å². The van der Waals surface area contributed by atoms with E-state index in [4.69, 9.17) is 14.5 Å². The van der Waals surface area contributed by atoms with Crippen molar-refractivity contribution < 1.29 is 9.47 Å². The largest absolute Gasteiger partial charge is 0.490 e.